The normalized spacial score (nSPS) is 38.9. The van der Waals surface area contributed by atoms with Crippen LogP contribution in [0.4, 0.5) is 4.79 Å². The third-order valence-corrected chi connectivity index (χ3v) is 11.4. The van der Waals surface area contributed by atoms with Crippen molar-refractivity contribution in [2.45, 2.75) is 91.0 Å². The fraction of sp³-hybridized carbons (Fsp3) is 0.839. The van der Waals surface area contributed by atoms with Crippen LogP contribution in [0.3, 0.4) is 0 Å². The number of nitrogens with zero attached hydrogens (tertiary/aromatic N) is 3. The summed E-state index contributed by atoms with van der Waals surface area (Å²) in [6.45, 7) is 10.2. The number of ketones is 1. The molecule has 0 aromatic heterocycles. The number of hydrogen-bond acceptors (Lipinski definition) is 6. The molecule has 1 unspecified atom stereocenters. The SMILES string of the molecule is C/C(=N\OC(=O)N(CCN(C)C)CC1CCCN1)[C@H]1CC[C@H]2[C@@H]3CCC4=CC(=O)CC[C@]4(C)[C@H]3CC[C@]12C. The number of fused-ring (bicyclic) bond motifs is 5. The molecule has 0 spiro atoms. The molecule has 0 radical (unpaired) electrons. The molecule has 0 aromatic rings. The summed E-state index contributed by atoms with van der Waals surface area (Å²) >= 11 is 0. The van der Waals surface area contributed by atoms with Crippen molar-refractivity contribution < 1.29 is 14.4 Å². The second-order valence-electron chi connectivity index (χ2n) is 13.8. The standard InChI is InChI=1S/C31H50N4O3/c1-21(33-38-29(37)35(18-17-34(4)5)20-23-7-6-16-32-23)26-10-11-27-25-9-8-22-19-24(36)12-14-30(22,2)28(25)13-15-31(26,27)3/h19,23,25-28,32H,6-18,20H2,1-5H3/b33-21+/t23?,25-,26+,27-,28-,30-,31+/m0/s1. The smallest absolute Gasteiger partial charge is 0.312 e. The van der Waals surface area contributed by atoms with E-state index >= 15 is 0 Å². The van der Waals surface area contributed by atoms with Crippen LogP contribution in [-0.4, -0.2) is 73.7 Å². The maximum Gasteiger partial charge on any atom is 0.436 e. The third-order valence-electron chi connectivity index (χ3n) is 11.4. The molecule has 0 bridgehead atoms. The molecule has 3 saturated carbocycles. The minimum Gasteiger partial charge on any atom is -0.312 e. The van der Waals surface area contributed by atoms with Gasteiger partial charge in [-0.3, -0.25) is 9.63 Å². The average molecular weight is 527 g/mol. The lowest BCUT2D eigenvalue weighted by atomic mass is 9.46. The van der Waals surface area contributed by atoms with Crippen LogP contribution in [0.2, 0.25) is 0 Å². The van der Waals surface area contributed by atoms with E-state index in [1.54, 1.807) is 0 Å². The minimum atomic E-state index is -0.324. The number of hydrogen-bond donors (Lipinski definition) is 1. The van der Waals surface area contributed by atoms with E-state index in [0.29, 0.717) is 49.1 Å². The Morgan fingerprint density at radius 1 is 1.08 bits per heavy atom. The highest BCUT2D eigenvalue weighted by Crippen LogP contribution is 2.66. The maximum absolute atomic E-state index is 13.1. The molecule has 0 aromatic carbocycles. The summed E-state index contributed by atoms with van der Waals surface area (Å²) in [5.41, 5.74) is 2.84. The van der Waals surface area contributed by atoms with E-state index < -0.39 is 0 Å². The summed E-state index contributed by atoms with van der Waals surface area (Å²) in [6.07, 6.45) is 12.8. The first-order valence-corrected chi connectivity index (χ1v) is 15.2. The summed E-state index contributed by atoms with van der Waals surface area (Å²) in [4.78, 5) is 34.8. The molecule has 7 nitrogen and oxygen atoms in total. The largest absolute Gasteiger partial charge is 0.436 e. The highest BCUT2D eigenvalue weighted by Gasteiger charge is 2.59. The average Bonchev–Trinajstić information content (AvgIpc) is 3.52. The van der Waals surface area contributed by atoms with Crippen molar-refractivity contribution >= 4 is 17.6 Å². The molecule has 7 atom stereocenters. The van der Waals surface area contributed by atoms with Gasteiger partial charge in [0, 0.05) is 38.0 Å². The van der Waals surface area contributed by atoms with E-state index in [2.05, 4.69) is 36.1 Å². The van der Waals surface area contributed by atoms with Crippen molar-refractivity contribution in [3.05, 3.63) is 11.6 Å². The van der Waals surface area contributed by atoms with Crippen molar-refractivity contribution in [1.29, 1.82) is 0 Å². The van der Waals surface area contributed by atoms with Gasteiger partial charge >= 0.3 is 6.09 Å². The van der Waals surface area contributed by atoms with Crippen molar-refractivity contribution in [2.75, 3.05) is 40.3 Å². The Morgan fingerprint density at radius 2 is 1.89 bits per heavy atom. The highest BCUT2D eigenvalue weighted by atomic mass is 16.7. The van der Waals surface area contributed by atoms with Gasteiger partial charge in [-0.1, -0.05) is 24.6 Å². The highest BCUT2D eigenvalue weighted by molar-refractivity contribution is 5.91. The van der Waals surface area contributed by atoms with Gasteiger partial charge in [0.05, 0.1) is 5.71 Å². The number of amides is 1. The second kappa shape index (κ2) is 11.0. The number of likely N-dealkylation sites (N-methyl/N-ethyl adjacent to an activating group) is 1. The monoisotopic (exact) mass is 526 g/mol. The number of rotatable bonds is 7. The quantitative estimate of drug-likeness (QED) is 0.278. The van der Waals surface area contributed by atoms with E-state index in [4.69, 9.17) is 4.84 Å². The van der Waals surface area contributed by atoms with Gasteiger partial charge in [0.15, 0.2) is 5.78 Å². The summed E-state index contributed by atoms with van der Waals surface area (Å²) < 4.78 is 0. The minimum absolute atomic E-state index is 0.207. The van der Waals surface area contributed by atoms with Gasteiger partial charge in [0.25, 0.3) is 0 Å². The molecule has 4 aliphatic carbocycles. The molecule has 1 aliphatic heterocycles. The number of allylic oxidation sites excluding steroid dienone is 1. The molecule has 4 fully saturated rings. The summed E-state index contributed by atoms with van der Waals surface area (Å²) in [6, 6.07) is 0.342. The predicted octanol–water partition coefficient (Wildman–Crippen LogP) is 5.26. The van der Waals surface area contributed by atoms with Gasteiger partial charge in [0.2, 0.25) is 0 Å². The molecule has 212 valence electrons. The first-order chi connectivity index (χ1) is 18.1. The molecule has 5 rings (SSSR count). The summed E-state index contributed by atoms with van der Waals surface area (Å²) in [7, 11) is 4.06. The molecule has 5 aliphatic rings. The molecule has 1 saturated heterocycles. The predicted molar refractivity (Wildman–Crippen MR) is 151 cm³/mol. The van der Waals surface area contributed by atoms with Crippen LogP contribution in [-0.2, 0) is 9.63 Å². The van der Waals surface area contributed by atoms with E-state index in [9.17, 15) is 9.59 Å². The van der Waals surface area contributed by atoms with Gasteiger partial charge < -0.3 is 15.1 Å². The van der Waals surface area contributed by atoms with Gasteiger partial charge in [-0.2, -0.15) is 0 Å². The van der Waals surface area contributed by atoms with Crippen molar-refractivity contribution in [3.63, 3.8) is 0 Å². The van der Waals surface area contributed by atoms with E-state index in [1.807, 2.05) is 25.1 Å². The zero-order chi connectivity index (χ0) is 27.1. The molecular formula is C31H50N4O3. The van der Waals surface area contributed by atoms with Crippen LogP contribution in [0, 0.1) is 34.5 Å². The van der Waals surface area contributed by atoms with Crippen LogP contribution in [0.25, 0.3) is 0 Å². The summed E-state index contributed by atoms with van der Waals surface area (Å²) in [5, 5.41) is 8.00. The fourth-order valence-electron chi connectivity index (χ4n) is 9.23. The number of nitrogens with one attached hydrogen (secondary N) is 1. The Balaban J connectivity index is 1.25. The molecule has 1 amide bonds. The van der Waals surface area contributed by atoms with Crippen molar-refractivity contribution in [2.24, 2.45) is 39.7 Å². The topological polar surface area (TPSA) is 74.2 Å². The van der Waals surface area contributed by atoms with Crippen LogP contribution in [0.5, 0.6) is 0 Å². The van der Waals surface area contributed by atoms with Gasteiger partial charge in [-0.05, 0) is 120 Å². The first kappa shape index (κ1) is 27.8. The van der Waals surface area contributed by atoms with Crippen LogP contribution in [0.1, 0.15) is 85.0 Å². The van der Waals surface area contributed by atoms with E-state index in [1.165, 1.54) is 31.3 Å². The lowest BCUT2D eigenvalue weighted by Crippen LogP contribution is -2.51. The van der Waals surface area contributed by atoms with E-state index in [0.717, 1.165) is 56.8 Å². The zero-order valence-corrected chi connectivity index (χ0v) is 24.4. The Bertz CT molecular complexity index is 970. The Morgan fingerprint density at radius 3 is 2.63 bits per heavy atom. The summed E-state index contributed by atoms with van der Waals surface area (Å²) in [5.74, 6) is 2.80. The van der Waals surface area contributed by atoms with Gasteiger partial charge in [-0.15, -0.1) is 0 Å². The van der Waals surface area contributed by atoms with Gasteiger partial charge in [0.1, 0.15) is 0 Å². The molecule has 1 heterocycles. The van der Waals surface area contributed by atoms with Crippen LogP contribution < -0.4 is 5.32 Å². The number of carbonyl (C=O) groups excluding carboxylic acids is 2. The third kappa shape index (κ3) is 5.22. The van der Waals surface area contributed by atoms with Crippen molar-refractivity contribution in [1.82, 2.24) is 15.1 Å². The fourth-order valence-corrected chi connectivity index (χ4v) is 9.23. The molecular weight excluding hydrogens is 476 g/mol. The Labute approximate surface area is 229 Å². The van der Waals surface area contributed by atoms with E-state index in [-0.39, 0.29) is 16.9 Å². The lowest BCUT2D eigenvalue weighted by molar-refractivity contribution is -0.117. The van der Waals surface area contributed by atoms with Crippen LogP contribution in [0.15, 0.2) is 16.8 Å². The van der Waals surface area contributed by atoms with Crippen LogP contribution >= 0.6 is 0 Å². The molecule has 7 heteroatoms. The number of carbonyl (C=O) groups is 2. The Hall–Kier alpha value is -1.73. The lowest BCUT2D eigenvalue weighted by Gasteiger charge is -2.58. The van der Waals surface area contributed by atoms with Crippen molar-refractivity contribution in [3.8, 4) is 0 Å². The Kier molecular flexibility index (Phi) is 8.08. The first-order valence-electron chi connectivity index (χ1n) is 15.2. The molecule has 38 heavy (non-hydrogen) atoms. The second-order valence-corrected chi connectivity index (χ2v) is 13.8. The molecule has 1 N–H and O–H groups in total. The number of oxime groups is 1. The zero-order valence-electron chi connectivity index (χ0n) is 24.4. The van der Waals surface area contributed by atoms with Gasteiger partial charge in [-0.25, -0.2) is 4.79 Å². The maximum atomic E-state index is 13.1.